The molecule has 11 heavy (non-hydrogen) atoms. The summed E-state index contributed by atoms with van der Waals surface area (Å²) >= 11 is 0. The Morgan fingerprint density at radius 3 is 3.27 bits per heavy atom. The number of hydrogen-bond acceptors (Lipinski definition) is 1. The van der Waals surface area contributed by atoms with Gasteiger partial charge in [-0.1, -0.05) is 12.2 Å². The Morgan fingerprint density at radius 2 is 2.45 bits per heavy atom. The van der Waals surface area contributed by atoms with E-state index in [4.69, 9.17) is 0 Å². The molecule has 0 aromatic rings. The van der Waals surface area contributed by atoms with Crippen molar-refractivity contribution in [2.45, 2.75) is 25.8 Å². The summed E-state index contributed by atoms with van der Waals surface area (Å²) in [5.41, 5.74) is 0. The maximum atomic E-state index is 11.3. The van der Waals surface area contributed by atoms with Gasteiger partial charge in [0.05, 0.1) is 5.92 Å². The fourth-order valence-corrected chi connectivity index (χ4v) is 2.10. The van der Waals surface area contributed by atoms with Crippen LogP contribution in [0.15, 0.2) is 12.2 Å². The highest BCUT2D eigenvalue weighted by atomic mass is 16.2. The Morgan fingerprint density at radius 1 is 1.64 bits per heavy atom. The molecule has 0 bridgehead atoms. The van der Waals surface area contributed by atoms with E-state index >= 15 is 0 Å². The van der Waals surface area contributed by atoms with Crippen LogP contribution in [0.25, 0.3) is 0 Å². The van der Waals surface area contributed by atoms with Gasteiger partial charge in [-0.3, -0.25) is 4.79 Å². The molecule has 0 aromatic carbocycles. The molecule has 0 aromatic heterocycles. The first-order valence-corrected chi connectivity index (χ1v) is 4.24. The highest BCUT2D eigenvalue weighted by Crippen LogP contribution is 2.32. The monoisotopic (exact) mass is 151 g/mol. The predicted octanol–water partition coefficient (Wildman–Crippen LogP) is 1.09. The Labute approximate surface area is 66.7 Å². The Balaban J connectivity index is 2.14. The van der Waals surface area contributed by atoms with E-state index in [2.05, 4.69) is 18.3 Å². The third kappa shape index (κ3) is 1.06. The summed E-state index contributed by atoms with van der Waals surface area (Å²) in [5, 5.41) is 2.96. The minimum atomic E-state index is 0.186. The molecule has 0 saturated carbocycles. The minimum absolute atomic E-state index is 0.186. The first-order valence-electron chi connectivity index (χ1n) is 4.24. The molecule has 0 spiro atoms. The van der Waals surface area contributed by atoms with Gasteiger partial charge in [0.2, 0.25) is 5.91 Å². The van der Waals surface area contributed by atoms with Crippen molar-refractivity contribution < 1.29 is 4.79 Å². The third-order valence-corrected chi connectivity index (χ3v) is 2.64. The van der Waals surface area contributed by atoms with Crippen LogP contribution in [0, 0.1) is 11.8 Å². The van der Waals surface area contributed by atoms with Gasteiger partial charge < -0.3 is 5.32 Å². The molecule has 1 N–H and O–H groups in total. The summed E-state index contributed by atoms with van der Waals surface area (Å²) in [4.78, 5) is 11.3. The average Bonchev–Trinajstić information content (AvgIpc) is 2.34. The van der Waals surface area contributed by atoms with E-state index in [9.17, 15) is 4.79 Å². The van der Waals surface area contributed by atoms with Crippen LogP contribution in [0.3, 0.4) is 0 Å². The number of hydrogen-bond donors (Lipinski definition) is 1. The SMILES string of the molecule is CC1CC2CC=CC2C(=O)N1. The summed E-state index contributed by atoms with van der Waals surface area (Å²) in [5.74, 6) is 1.01. The second kappa shape index (κ2) is 2.36. The lowest BCUT2D eigenvalue weighted by Gasteiger charge is -2.29. The van der Waals surface area contributed by atoms with Gasteiger partial charge in [0.25, 0.3) is 0 Å². The van der Waals surface area contributed by atoms with Crippen LogP contribution in [0.5, 0.6) is 0 Å². The Bertz CT molecular complexity index is 210. The zero-order chi connectivity index (χ0) is 7.84. The summed E-state index contributed by atoms with van der Waals surface area (Å²) in [6, 6.07) is 0.378. The Hall–Kier alpha value is -0.790. The molecule has 1 aliphatic heterocycles. The number of fused-ring (bicyclic) bond motifs is 1. The van der Waals surface area contributed by atoms with Crippen molar-refractivity contribution in [2.24, 2.45) is 11.8 Å². The number of carbonyl (C=O) groups is 1. The first kappa shape index (κ1) is 6.89. The van der Waals surface area contributed by atoms with E-state index < -0.39 is 0 Å². The largest absolute Gasteiger partial charge is 0.353 e. The molecule has 1 fully saturated rings. The molecule has 1 saturated heterocycles. The van der Waals surface area contributed by atoms with Crippen LogP contribution in [0.1, 0.15) is 19.8 Å². The smallest absolute Gasteiger partial charge is 0.227 e. The number of piperidine rings is 1. The second-order valence-corrected chi connectivity index (χ2v) is 3.60. The molecule has 2 heteroatoms. The van der Waals surface area contributed by atoms with Crippen molar-refractivity contribution in [1.29, 1.82) is 0 Å². The quantitative estimate of drug-likeness (QED) is 0.516. The zero-order valence-corrected chi connectivity index (χ0v) is 6.71. The van der Waals surface area contributed by atoms with Crippen molar-refractivity contribution in [1.82, 2.24) is 5.32 Å². The molecule has 1 amide bonds. The van der Waals surface area contributed by atoms with Gasteiger partial charge >= 0.3 is 0 Å². The summed E-state index contributed by atoms with van der Waals surface area (Å²) < 4.78 is 0. The summed E-state index contributed by atoms with van der Waals surface area (Å²) in [6.07, 6.45) is 6.42. The van der Waals surface area contributed by atoms with E-state index in [0.717, 1.165) is 12.8 Å². The fraction of sp³-hybridized carbons (Fsp3) is 0.667. The topological polar surface area (TPSA) is 29.1 Å². The lowest BCUT2D eigenvalue weighted by molar-refractivity contribution is -0.127. The number of allylic oxidation sites excluding steroid dienone is 1. The van der Waals surface area contributed by atoms with Crippen molar-refractivity contribution in [2.75, 3.05) is 0 Å². The van der Waals surface area contributed by atoms with Gasteiger partial charge in [0.1, 0.15) is 0 Å². The van der Waals surface area contributed by atoms with E-state index in [1.807, 2.05) is 6.08 Å². The molecule has 2 aliphatic rings. The molecule has 2 nitrogen and oxygen atoms in total. The maximum absolute atomic E-state index is 11.3. The van der Waals surface area contributed by atoms with E-state index in [0.29, 0.717) is 12.0 Å². The highest BCUT2D eigenvalue weighted by Gasteiger charge is 2.34. The van der Waals surface area contributed by atoms with Crippen LogP contribution in [0.2, 0.25) is 0 Å². The molecule has 1 aliphatic carbocycles. The van der Waals surface area contributed by atoms with Crippen molar-refractivity contribution in [3.63, 3.8) is 0 Å². The van der Waals surface area contributed by atoms with Gasteiger partial charge in [-0.05, 0) is 25.7 Å². The lowest BCUT2D eigenvalue weighted by Crippen LogP contribution is -2.45. The lowest BCUT2D eigenvalue weighted by atomic mass is 9.85. The fourth-order valence-electron chi connectivity index (χ4n) is 2.10. The van der Waals surface area contributed by atoms with Gasteiger partial charge in [0, 0.05) is 6.04 Å². The average molecular weight is 151 g/mol. The number of amides is 1. The van der Waals surface area contributed by atoms with Gasteiger partial charge in [-0.25, -0.2) is 0 Å². The third-order valence-electron chi connectivity index (χ3n) is 2.64. The van der Waals surface area contributed by atoms with Crippen molar-refractivity contribution in [3.8, 4) is 0 Å². The maximum Gasteiger partial charge on any atom is 0.227 e. The number of rotatable bonds is 0. The van der Waals surface area contributed by atoms with E-state index in [1.54, 1.807) is 0 Å². The van der Waals surface area contributed by atoms with Crippen molar-refractivity contribution >= 4 is 5.91 Å². The predicted molar refractivity (Wildman–Crippen MR) is 43.0 cm³/mol. The van der Waals surface area contributed by atoms with Gasteiger partial charge in [-0.15, -0.1) is 0 Å². The number of nitrogens with one attached hydrogen (secondary N) is 1. The second-order valence-electron chi connectivity index (χ2n) is 3.60. The van der Waals surface area contributed by atoms with Crippen LogP contribution in [-0.2, 0) is 4.79 Å². The first-order chi connectivity index (χ1) is 5.27. The molecule has 3 unspecified atom stereocenters. The molecular formula is C9H13NO. The van der Waals surface area contributed by atoms with Crippen molar-refractivity contribution in [3.05, 3.63) is 12.2 Å². The van der Waals surface area contributed by atoms with E-state index in [1.165, 1.54) is 0 Å². The molecular weight excluding hydrogens is 138 g/mol. The van der Waals surface area contributed by atoms with Crippen LogP contribution in [-0.4, -0.2) is 11.9 Å². The molecule has 3 atom stereocenters. The number of carbonyl (C=O) groups excluding carboxylic acids is 1. The standard InChI is InChI=1S/C9H13NO/c1-6-5-7-3-2-4-8(7)9(11)10-6/h2,4,6-8H,3,5H2,1H3,(H,10,11). The van der Waals surface area contributed by atoms with Crippen LogP contribution < -0.4 is 5.32 Å². The molecule has 2 rings (SSSR count). The van der Waals surface area contributed by atoms with Gasteiger partial charge in [-0.2, -0.15) is 0 Å². The highest BCUT2D eigenvalue weighted by molar-refractivity contribution is 5.82. The molecule has 0 radical (unpaired) electrons. The summed E-state index contributed by atoms with van der Waals surface area (Å²) in [7, 11) is 0. The van der Waals surface area contributed by atoms with Crippen LogP contribution in [0.4, 0.5) is 0 Å². The normalized spacial score (nSPS) is 41.9. The van der Waals surface area contributed by atoms with E-state index in [-0.39, 0.29) is 11.8 Å². The minimum Gasteiger partial charge on any atom is -0.353 e. The van der Waals surface area contributed by atoms with Gasteiger partial charge in [0.15, 0.2) is 0 Å². The van der Waals surface area contributed by atoms with Crippen LogP contribution >= 0.6 is 0 Å². The molecule has 60 valence electrons. The summed E-state index contributed by atoms with van der Waals surface area (Å²) in [6.45, 7) is 2.08. The zero-order valence-electron chi connectivity index (χ0n) is 6.71. The Kier molecular flexibility index (Phi) is 1.48. The molecule has 1 heterocycles.